The first-order valence-electron chi connectivity index (χ1n) is 24.4. The molecule has 16 nitrogen and oxygen atoms in total. The van der Waals surface area contributed by atoms with E-state index in [2.05, 4.69) is 69.5 Å². The molecule has 1 aliphatic carbocycles. The van der Waals surface area contributed by atoms with Crippen LogP contribution in [0.4, 0.5) is 5.82 Å². The minimum atomic E-state index is -0.967. The van der Waals surface area contributed by atoms with Crippen LogP contribution in [-0.2, 0) is 19.1 Å². The number of anilines is 1. The fourth-order valence-corrected chi connectivity index (χ4v) is 11.5. The number of nitrogens with zero attached hydrogens (tertiary/aromatic N) is 6. The van der Waals surface area contributed by atoms with Crippen LogP contribution in [0.5, 0.6) is 5.75 Å². The number of benzene rings is 2. The smallest absolute Gasteiger partial charge is 0.253 e. The van der Waals surface area contributed by atoms with Crippen LogP contribution in [0.1, 0.15) is 101 Å². The number of carbonyl (C=O) groups excluding carboxylic acids is 4. The van der Waals surface area contributed by atoms with E-state index in [-0.39, 0.29) is 49.6 Å². The number of β-amino-alcohol motifs (C(OH)–C–C–N with tert-alkyl or cyclic N) is 1. The van der Waals surface area contributed by atoms with Gasteiger partial charge in [0.2, 0.25) is 17.7 Å². The molecule has 7 rings (SSSR count). The Morgan fingerprint density at radius 3 is 2.35 bits per heavy atom. The summed E-state index contributed by atoms with van der Waals surface area (Å²) in [7, 11) is 0. The summed E-state index contributed by atoms with van der Waals surface area (Å²) in [5.74, 6) is -0.102. The van der Waals surface area contributed by atoms with Crippen molar-refractivity contribution in [3.63, 3.8) is 0 Å². The lowest BCUT2D eigenvalue weighted by atomic mass is 9.49. The highest BCUT2D eigenvalue weighted by atomic mass is 35.5. The molecule has 18 heteroatoms. The number of pyridine rings is 1. The van der Waals surface area contributed by atoms with Crippen molar-refractivity contribution >= 4 is 52.4 Å². The Kier molecular flexibility index (Phi) is 16.5. The standard InChI is InChI=1S/C53H68ClN9O7S/c1-32(34-11-13-35(14-12-34)44-33(2)57-31-71-44)58-47(67)41-25-38(64)29-63(41)48(68)45(51(3,4)5)59-43(65)30-69-24-23-61-19-10-20-62(22-21-61)42-18-16-37(28-56-42)46(66)60-49-52(6,7)50(53(49,8)9)70-39-17-15-36(27-55)40(54)26-39/h11-18,26,28,31-32,38,41,45,49-50,64H,10,19-25,29-30H2,1-9H3,(H,58,67)(H,59,65)(H,60,66)/t32-,38+,41?,45+,49?,50?/m0/s1. The molecule has 0 radical (unpaired) electrons. The van der Waals surface area contributed by atoms with Crippen LogP contribution in [0.2, 0.25) is 5.02 Å². The van der Waals surface area contributed by atoms with Crippen molar-refractivity contribution in [2.45, 2.75) is 112 Å². The molecule has 2 aromatic heterocycles. The molecule has 4 amide bonds. The molecule has 1 unspecified atom stereocenters. The van der Waals surface area contributed by atoms with Gasteiger partial charge in [-0.25, -0.2) is 9.97 Å². The van der Waals surface area contributed by atoms with Crippen LogP contribution < -0.4 is 25.6 Å². The van der Waals surface area contributed by atoms with Crippen molar-refractivity contribution < 1.29 is 33.8 Å². The lowest BCUT2D eigenvalue weighted by molar-refractivity contribution is -0.164. The highest BCUT2D eigenvalue weighted by Crippen LogP contribution is 2.55. The van der Waals surface area contributed by atoms with Crippen LogP contribution in [0.15, 0.2) is 66.3 Å². The molecule has 2 aromatic carbocycles. The second-order valence-corrected chi connectivity index (χ2v) is 22.6. The number of carbonyl (C=O) groups is 4. The van der Waals surface area contributed by atoms with Crippen molar-refractivity contribution in [3.05, 3.63) is 93.7 Å². The number of ether oxygens (including phenoxy) is 2. The third-order valence-corrected chi connectivity index (χ3v) is 15.5. The average Bonchev–Trinajstić information content (AvgIpc) is 3.87. The molecule has 1 saturated carbocycles. The lowest BCUT2D eigenvalue weighted by Gasteiger charge is -2.63. The molecule has 2 saturated heterocycles. The lowest BCUT2D eigenvalue weighted by Crippen LogP contribution is -2.74. The SMILES string of the molecule is Cc1ncsc1-c1ccc([C@H](C)NC(=O)C2C[C@@H](O)CN2C(=O)[C@@H](NC(=O)COCCN2CCCN(c3ccc(C(=O)NC4C(C)(C)C(Oc5ccc(C#N)c(Cl)c5)C4(C)C)cn3)CC2)C(C)(C)C)cc1. The highest BCUT2D eigenvalue weighted by molar-refractivity contribution is 7.13. The number of aryl methyl sites for hydroxylation is 1. The van der Waals surface area contributed by atoms with E-state index in [1.807, 2.05) is 70.5 Å². The van der Waals surface area contributed by atoms with Gasteiger partial charge in [-0.05, 0) is 67.6 Å². The molecule has 380 valence electrons. The summed E-state index contributed by atoms with van der Waals surface area (Å²) in [5.41, 5.74) is 4.06. The zero-order chi connectivity index (χ0) is 51.4. The minimum Gasteiger partial charge on any atom is -0.489 e. The third kappa shape index (κ3) is 12.2. The molecule has 3 fully saturated rings. The Balaban J connectivity index is 0.844. The van der Waals surface area contributed by atoms with Gasteiger partial charge in [-0.3, -0.25) is 24.1 Å². The Labute approximate surface area is 426 Å². The molecule has 0 spiro atoms. The number of thiazole rings is 1. The second kappa shape index (κ2) is 22.0. The first kappa shape index (κ1) is 53.2. The number of rotatable bonds is 16. The zero-order valence-electron chi connectivity index (χ0n) is 42.3. The number of nitrogens with one attached hydrogen (secondary N) is 3. The van der Waals surface area contributed by atoms with Crippen LogP contribution in [-0.4, -0.2) is 131 Å². The molecule has 3 aliphatic rings. The first-order valence-corrected chi connectivity index (χ1v) is 25.6. The van der Waals surface area contributed by atoms with Crippen LogP contribution in [0.25, 0.3) is 10.4 Å². The van der Waals surface area contributed by atoms with Crippen molar-refractivity contribution in [1.82, 2.24) is 35.7 Å². The number of hydrogen-bond donors (Lipinski definition) is 4. The van der Waals surface area contributed by atoms with E-state index in [1.54, 1.807) is 41.8 Å². The van der Waals surface area contributed by atoms with E-state index in [9.17, 15) is 29.5 Å². The molecular formula is C53H68ClN9O7S. The topological polar surface area (TPSA) is 202 Å². The molecule has 4 atom stereocenters. The third-order valence-electron chi connectivity index (χ3n) is 14.2. The van der Waals surface area contributed by atoms with Gasteiger partial charge in [0.1, 0.15) is 42.4 Å². The largest absolute Gasteiger partial charge is 0.489 e. The van der Waals surface area contributed by atoms with Crippen LogP contribution in [0, 0.1) is 34.5 Å². The molecule has 71 heavy (non-hydrogen) atoms. The van der Waals surface area contributed by atoms with E-state index < -0.39 is 46.2 Å². The maximum absolute atomic E-state index is 14.2. The highest BCUT2D eigenvalue weighted by Gasteiger charge is 2.64. The van der Waals surface area contributed by atoms with Gasteiger partial charge < -0.3 is 40.3 Å². The summed E-state index contributed by atoms with van der Waals surface area (Å²) in [6.07, 6.45) is 1.49. The van der Waals surface area contributed by atoms with Gasteiger partial charge in [-0.15, -0.1) is 11.3 Å². The molecule has 4 aromatic rings. The predicted octanol–water partition coefficient (Wildman–Crippen LogP) is 6.55. The van der Waals surface area contributed by atoms with Gasteiger partial charge in [-0.2, -0.15) is 5.26 Å². The first-order chi connectivity index (χ1) is 33.6. The van der Waals surface area contributed by atoms with Gasteiger partial charge in [0.25, 0.3) is 5.91 Å². The maximum atomic E-state index is 14.2. The van der Waals surface area contributed by atoms with Gasteiger partial charge in [0, 0.05) is 68.3 Å². The van der Waals surface area contributed by atoms with Gasteiger partial charge in [0.15, 0.2) is 0 Å². The summed E-state index contributed by atoms with van der Waals surface area (Å²) in [6, 6.07) is 16.3. The summed E-state index contributed by atoms with van der Waals surface area (Å²) < 4.78 is 12.2. The van der Waals surface area contributed by atoms with Crippen molar-refractivity contribution in [1.29, 1.82) is 5.26 Å². The quantitative estimate of drug-likeness (QED) is 0.0884. The number of halogens is 1. The van der Waals surface area contributed by atoms with Crippen LogP contribution in [0.3, 0.4) is 0 Å². The summed E-state index contributed by atoms with van der Waals surface area (Å²) in [5, 5.41) is 29.4. The number of likely N-dealkylation sites (tertiary alicyclic amines) is 1. The Morgan fingerprint density at radius 2 is 1.72 bits per heavy atom. The molecular weight excluding hydrogens is 942 g/mol. The normalized spacial score (nSPS) is 21.8. The number of nitriles is 1. The Bertz CT molecular complexity index is 2580. The summed E-state index contributed by atoms with van der Waals surface area (Å²) in [4.78, 5) is 70.7. The maximum Gasteiger partial charge on any atom is 0.253 e. The number of aliphatic hydroxyl groups excluding tert-OH is 1. The molecule has 4 heterocycles. The number of amides is 4. The molecule has 2 aliphatic heterocycles. The molecule has 0 bridgehead atoms. The van der Waals surface area contributed by atoms with Gasteiger partial charge in [0.05, 0.1) is 51.0 Å². The van der Waals surface area contributed by atoms with E-state index in [4.69, 9.17) is 21.1 Å². The van der Waals surface area contributed by atoms with E-state index in [1.165, 1.54) is 4.90 Å². The fraction of sp³-hybridized carbons (Fsp3) is 0.528. The van der Waals surface area contributed by atoms with Crippen LogP contribution >= 0.6 is 22.9 Å². The fourth-order valence-electron chi connectivity index (χ4n) is 10.5. The average molecular weight is 1010 g/mol. The van der Waals surface area contributed by atoms with E-state index >= 15 is 0 Å². The van der Waals surface area contributed by atoms with Crippen molar-refractivity contribution in [3.8, 4) is 22.3 Å². The van der Waals surface area contributed by atoms with Crippen molar-refractivity contribution in [2.24, 2.45) is 16.2 Å². The molecule has 4 N–H and O–H groups in total. The summed E-state index contributed by atoms with van der Waals surface area (Å²) >= 11 is 7.84. The van der Waals surface area contributed by atoms with E-state index in [0.717, 1.165) is 53.6 Å². The number of aliphatic hydroxyl groups is 1. The zero-order valence-corrected chi connectivity index (χ0v) is 43.8. The number of hydrogen-bond acceptors (Lipinski definition) is 13. The number of aromatic nitrogens is 2. The van der Waals surface area contributed by atoms with Crippen molar-refractivity contribution in [2.75, 3.05) is 57.4 Å². The van der Waals surface area contributed by atoms with Gasteiger partial charge >= 0.3 is 0 Å². The predicted molar refractivity (Wildman–Crippen MR) is 274 cm³/mol. The monoisotopic (exact) mass is 1010 g/mol. The summed E-state index contributed by atoms with van der Waals surface area (Å²) in [6.45, 7) is 21.4. The van der Waals surface area contributed by atoms with Gasteiger partial charge in [-0.1, -0.05) is 84.3 Å². The Morgan fingerprint density at radius 1 is 0.986 bits per heavy atom. The minimum absolute atomic E-state index is 0.0190. The second-order valence-electron chi connectivity index (χ2n) is 21.3. The van der Waals surface area contributed by atoms with E-state index in [0.29, 0.717) is 41.6 Å². The Hall–Kier alpha value is -5.64.